The van der Waals surface area contributed by atoms with Crippen LogP contribution in [0.3, 0.4) is 0 Å². The molecule has 0 saturated carbocycles. The molecule has 0 radical (unpaired) electrons. The third-order valence-electron chi connectivity index (χ3n) is 0.872. The van der Waals surface area contributed by atoms with E-state index in [9.17, 15) is 0 Å². The average Bonchev–Trinajstić information content (AvgIpc) is 1.89. The zero-order valence-electron chi connectivity index (χ0n) is 5.77. The summed E-state index contributed by atoms with van der Waals surface area (Å²) in [4.78, 5) is 0. The van der Waals surface area contributed by atoms with Gasteiger partial charge in [0.15, 0.2) is 0 Å². The van der Waals surface area contributed by atoms with Crippen LogP contribution < -0.4 is 0 Å². The van der Waals surface area contributed by atoms with Crippen molar-refractivity contribution in [2.45, 2.75) is 13.3 Å². The summed E-state index contributed by atoms with van der Waals surface area (Å²) >= 11 is 5.42. The lowest BCUT2D eigenvalue weighted by Crippen LogP contribution is -1.94. The molecule has 54 valence electrons. The number of alkyl halides is 1. The van der Waals surface area contributed by atoms with Gasteiger partial charge in [-0.25, -0.2) is 0 Å². The monoisotopic (exact) mass is 148 g/mol. The third-order valence-corrected chi connectivity index (χ3v) is 1.14. The predicted molar refractivity (Wildman–Crippen MR) is 41.0 cm³/mol. The van der Waals surface area contributed by atoms with Crippen LogP contribution in [-0.4, -0.2) is 19.1 Å². The molecule has 0 aliphatic rings. The third kappa shape index (κ3) is 7.99. The molecule has 0 saturated heterocycles. The largest absolute Gasteiger partial charge is 0.377 e. The highest BCUT2D eigenvalue weighted by molar-refractivity contribution is 6.17. The van der Waals surface area contributed by atoms with Crippen LogP contribution in [0.5, 0.6) is 0 Å². The maximum Gasteiger partial charge on any atom is 0.0647 e. The fraction of sp³-hybridized carbons (Fsp3) is 0.714. The maximum absolute atomic E-state index is 5.42. The van der Waals surface area contributed by atoms with Crippen molar-refractivity contribution in [3.05, 3.63) is 12.2 Å². The molecule has 0 unspecified atom stereocenters. The van der Waals surface area contributed by atoms with Gasteiger partial charge in [-0.2, -0.15) is 0 Å². The SMILES string of the molecule is CC=CCOCCCCl. The van der Waals surface area contributed by atoms with Gasteiger partial charge >= 0.3 is 0 Å². The predicted octanol–water partition coefficient (Wildman–Crippen LogP) is 2.21. The Morgan fingerprint density at radius 1 is 1.56 bits per heavy atom. The van der Waals surface area contributed by atoms with Crippen molar-refractivity contribution in [2.75, 3.05) is 19.1 Å². The first-order valence-electron chi connectivity index (χ1n) is 3.16. The molecule has 0 N–H and O–H groups in total. The quantitative estimate of drug-likeness (QED) is 0.330. The Labute approximate surface area is 61.7 Å². The topological polar surface area (TPSA) is 9.23 Å². The van der Waals surface area contributed by atoms with Gasteiger partial charge in [-0.15, -0.1) is 11.6 Å². The van der Waals surface area contributed by atoms with E-state index in [1.54, 1.807) is 0 Å². The second-order valence-corrected chi connectivity index (χ2v) is 2.06. The summed E-state index contributed by atoms with van der Waals surface area (Å²) < 4.78 is 5.14. The molecule has 2 heteroatoms. The Balaban J connectivity index is 2.75. The van der Waals surface area contributed by atoms with Gasteiger partial charge in [0.05, 0.1) is 6.61 Å². The molecule has 0 bridgehead atoms. The number of halogens is 1. The summed E-state index contributed by atoms with van der Waals surface area (Å²) in [6.07, 6.45) is 4.90. The van der Waals surface area contributed by atoms with Gasteiger partial charge in [0, 0.05) is 12.5 Å². The Morgan fingerprint density at radius 2 is 2.33 bits per heavy atom. The van der Waals surface area contributed by atoms with E-state index in [1.165, 1.54) is 0 Å². The minimum Gasteiger partial charge on any atom is -0.377 e. The van der Waals surface area contributed by atoms with Gasteiger partial charge in [-0.3, -0.25) is 0 Å². The molecule has 0 fully saturated rings. The van der Waals surface area contributed by atoms with E-state index in [1.807, 2.05) is 19.1 Å². The fourth-order valence-corrected chi connectivity index (χ4v) is 0.513. The van der Waals surface area contributed by atoms with E-state index in [4.69, 9.17) is 16.3 Å². The molecule has 0 aromatic carbocycles. The molecule has 0 spiro atoms. The molecule has 9 heavy (non-hydrogen) atoms. The summed E-state index contributed by atoms with van der Waals surface area (Å²) in [5.41, 5.74) is 0. The first-order chi connectivity index (χ1) is 4.41. The summed E-state index contributed by atoms with van der Waals surface area (Å²) in [7, 11) is 0. The number of allylic oxidation sites excluding steroid dienone is 1. The summed E-state index contributed by atoms with van der Waals surface area (Å²) in [5, 5.41) is 0. The van der Waals surface area contributed by atoms with Crippen molar-refractivity contribution in [3.8, 4) is 0 Å². The summed E-state index contributed by atoms with van der Waals surface area (Å²) in [6, 6.07) is 0. The Kier molecular flexibility index (Phi) is 7.98. The number of hydrogen-bond donors (Lipinski definition) is 0. The van der Waals surface area contributed by atoms with Gasteiger partial charge in [0.2, 0.25) is 0 Å². The van der Waals surface area contributed by atoms with E-state index >= 15 is 0 Å². The van der Waals surface area contributed by atoms with Gasteiger partial charge in [0.25, 0.3) is 0 Å². The molecule has 0 aromatic heterocycles. The Morgan fingerprint density at radius 3 is 2.89 bits per heavy atom. The van der Waals surface area contributed by atoms with E-state index in [0.717, 1.165) is 13.0 Å². The number of hydrogen-bond acceptors (Lipinski definition) is 1. The maximum atomic E-state index is 5.42. The van der Waals surface area contributed by atoms with Crippen LogP contribution >= 0.6 is 11.6 Å². The lowest BCUT2D eigenvalue weighted by Gasteiger charge is -1.95. The lowest BCUT2D eigenvalue weighted by atomic mass is 10.5. The molecular formula is C7H13ClO. The van der Waals surface area contributed by atoms with E-state index < -0.39 is 0 Å². The van der Waals surface area contributed by atoms with Crippen molar-refractivity contribution >= 4 is 11.6 Å². The first kappa shape index (κ1) is 8.99. The van der Waals surface area contributed by atoms with Crippen molar-refractivity contribution in [1.29, 1.82) is 0 Å². The number of ether oxygens (including phenoxy) is 1. The summed E-state index contributed by atoms with van der Waals surface area (Å²) in [5.74, 6) is 0.690. The van der Waals surface area contributed by atoms with Crippen LogP contribution in [0.4, 0.5) is 0 Å². The molecule has 1 nitrogen and oxygen atoms in total. The Hall–Kier alpha value is -0.0100. The van der Waals surface area contributed by atoms with Crippen LogP contribution in [0.25, 0.3) is 0 Å². The van der Waals surface area contributed by atoms with Gasteiger partial charge in [-0.05, 0) is 13.3 Å². The Bertz CT molecular complexity index is 71.3. The second-order valence-electron chi connectivity index (χ2n) is 1.69. The van der Waals surface area contributed by atoms with Gasteiger partial charge in [-0.1, -0.05) is 12.2 Å². The van der Waals surface area contributed by atoms with Crippen molar-refractivity contribution in [2.24, 2.45) is 0 Å². The fourth-order valence-electron chi connectivity index (χ4n) is 0.404. The minimum atomic E-state index is 0.690. The second kappa shape index (κ2) is 7.99. The molecule has 0 aliphatic heterocycles. The van der Waals surface area contributed by atoms with Gasteiger partial charge < -0.3 is 4.74 Å². The molecule has 0 aliphatic carbocycles. The average molecular weight is 149 g/mol. The van der Waals surface area contributed by atoms with Crippen LogP contribution in [0.2, 0.25) is 0 Å². The van der Waals surface area contributed by atoms with E-state index in [-0.39, 0.29) is 0 Å². The summed E-state index contributed by atoms with van der Waals surface area (Å²) in [6.45, 7) is 3.46. The van der Waals surface area contributed by atoms with Crippen LogP contribution in [0.1, 0.15) is 13.3 Å². The number of rotatable bonds is 5. The van der Waals surface area contributed by atoms with E-state index in [0.29, 0.717) is 12.5 Å². The van der Waals surface area contributed by atoms with Crippen molar-refractivity contribution < 1.29 is 4.74 Å². The molecule has 0 atom stereocenters. The molecule has 0 amide bonds. The van der Waals surface area contributed by atoms with Crippen LogP contribution in [0, 0.1) is 0 Å². The zero-order valence-corrected chi connectivity index (χ0v) is 6.53. The van der Waals surface area contributed by atoms with Gasteiger partial charge in [0.1, 0.15) is 0 Å². The smallest absolute Gasteiger partial charge is 0.0647 e. The van der Waals surface area contributed by atoms with Crippen LogP contribution in [0.15, 0.2) is 12.2 Å². The van der Waals surface area contributed by atoms with Crippen LogP contribution in [-0.2, 0) is 4.74 Å². The first-order valence-corrected chi connectivity index (χ1v) is 3.70. The highest BCUT2D eigenvalue weighted by Crippen LogP contribution is 1.85. The molecule has 0 rings (SSSR count). The standard InChI is InChI=1S/C7H13ClO/c1-2-3-6-9-7-4-5-8/h2-3H,4-7H2,1H3. The molecular weight excluding hydrogens is 136 g/mol. The van der Waals surface area contributed by atoms with E-state index in [2.05, 4.69) is 0 Å². The van der Waals surface area contributed by atoms with Crippen molar-refractivity contribution in [3.63, 3.8) is 0 Å². The minimum absolute atomic E-state index is 0.690. The normalized spacial score (nSPS) is 10.9. The zero-order chi connectivity index (χ0) is 6.95. The molecule has 0 heterocycles. The highest BCUT2D eigenvalue weighted by Gasteiger charge is 1.81. The van der Waals surface area contributed by atoms with Crippen molar-refractivity contribution in [1.82, 2.24) is 0 Å². The lowest BCUT2D eigenvalue weighted by molar-refractivity contribution is 0.163. The highest BCUT2D eigenvalue weighted by atomic mass is 35.5. The molecule has 0 aromatic rings.